The molecule has 0 aliphatic heterocycles. The van der Waals surface area contributed by atoms with E-state index in [1.54, 1.807) is 17.3 Å². The number of amides is 1. The van der Waals surface area contributed by atoms with Crippen LogP contribution in [0.25, 0.3) is 0 Å². The van der Waals surface area contributed by atoms with E-state index in [2.05, 4.69) is 4.98 Å². The molecule has 1 heterocycles. The van der Waals surface area contributed by atoms with Gasteiger partial charge in [-0.15, -0.1) is 0 Å². The Morgan fingerprint density at radius 3 is 2.71 bits per heavy atom. The fraction of sp³-hybridized carbons (Fsp3) is 0.538. The van der Waals surface area contributed by atoms with Crippen LogP contribution in [0.15, 0.2) is 24.5 Å². The summed E-state index contributed by atoms with van der Waals surface area (Å²) in [6.07, 6.45) is 4.81. The van der Waals surface area contributed by atoms with Crippen molar-refractivity contribution >= 4 is 5.91 Å². The molecule has 17 heavy (non-hydrogen) atoms. The number of carbonyl (C=O) groups is 1. The Labute approximate surface area is 103 Å². The minimum Gasteiger partial charge on any atom is -0.345 e. The molecule has 1 unspecified atom stereocenters. The number of carbonyl (C=O) groups excluding carboxylic acids is 1. The van der Waals surface area contributed by atoms with Crippen LogP contribution in [0.4, 0.5) is 0 Å². The largest absolute Gasteiger partial charge is 0.345 e. The molecule has 4 nitrogen and oxygen atoms in total. The normalized spacial score (nSPS) is 12.2. The van der Waals surface area contributed by atoms with Gasteiger partial charge >= 0.3 is 0 Å². The molecular formula is C13H21N3O. The number of pyridine rings is 1. The topological polar surface area (TPSA) is 59.2 Å². The highest BCUT2D eigenvalue weighted by Crippen LogP contribution is 2.04. The SMILES string of the molecule is CC(CN)CN(C)C(=O)CCc1ccncc1. The molecule has 0 aliphatic carbocycles. The summed E-state index contributed by atoms with van der Waals surface area (Å²) in [6.45, 7) is 3.39. The summed E-state index contributed by atoms with van der Waals surface area (Å²) in [5, 5.41) is 0. The first-order valence-corrected chi connectivity index (χ1v) is 5.96. The average molecular weight is 235 g/mol. The van der Waals surface area contributed by atoms with Gasteiger partial charge in [0.15, 0.2) is 0 Å². The first-order chi connectivity index (χ1) is 8.13. The molecule has 0 bridgehead atoms. The van der Waals surface area contributed by atoms with E-state index >= 15 is 0 Å². The lowest BCUT2D eigenvalue weighted by Crippen LogP contribution is -2.33. The summed E-state index contributed by atoms with van der Waals surface area (Å²) in [4.78, 5) is 17.5. The molecule has 94 valence electrons. The third-order valence-corrected chi connectivity index (χ3v) is 2.79. The van der Waals surface area contributed by atoms with Crippen LogP contribution in [-0.4, -0.2) is 35.9 Å². The van der Waals surface area contributed by atoms with E-state index in [1.807, 2.05) is 26.1 Å². The monoisotopic (exact) mass is 235 g/mol. The van der Waals surface area contributed by atoms with Gasteiger partial charge in [0, 0.05) is 32.4 Å². The maximum Gasteiger partial charge on any atom is 0.222 e. The van der Waals surface area contributed by atoms with Crippen LogP contribution >= 0.6 is 0 Å². The molecule has 1 aromatic heterocycles. The second-order valence-electron chi connectivity index (χ2n) is 4.47. The Hall–Kier alpha value is -1.42. The predicted octanol–water partition coefficient (Wildman–Crippen LogP) is 1.07. The number of nitrogens with two attached hydrogens (primary N) is 1. The van der Waals surface area contributed by atoms with Crippen molar-refractivity contribution in [2.75, 3.05) is 20.1 Å². The third-order valence-electron chi connectivity index (χ3n) is 2.79. The zero-order chi connectivity index (χ0) is 12.7. The van der Waals surface area contributed by atoms with Crippen LogP contribution in [0.3, 0.4) is 0 Å². The fourth-order valence-corrected chi connectivity index (χ4v) is 1.64. The third kappa shape index (κ3) is 4.95. The quantitative estimate of drug-likeness (QED) is 0.802. The Morgan fingerprint density at radius 2 is 2.12 bits per heavy atom. The van der Waals surface area contributed by atoms with Gasteiger partial charge in [0.1, 0.15) is 0 Å². The molecule has 0 radical (unpaired) electrons. The number of aromatic nitrogens is 1. The van der Waals surface area contributed by atoms with Crippen molar-refractivity contribution in [1.82, 2.24) is 9.88 Å². The van der Waals surface area contributed by atoms with Crippen molar-refractivity contribution in [1.29, 1.82) is 0 Å². The van der Waals surface area contributed by atoms with Gasteiger partial charge in [0.25, 0.3) is 0 Å². The molecule has 1 aromatic rings. The summed E-state index contributed by atoms with van der Waals surface area (Å²) >= 11 is 0. The van der Waals surface area contributed by atoms with Gasteiger partial charge in [-0.25, -0.2) is 0 Å². The average Bonchev–Trinajstić information content (AvgIpc) is 2.36. The molecule has 0 aromatic carbocycles. The van der Waals surface area contributed by atoms with Crippen molar-refractivity contribution in [2.45, 2.75) is 19.8 Å². The van der Waals surface area contributed by atoms with Crippen LogP contribution < -0.4 is 5.73 Å². The van der Waals surface area contributed by atoms with Crippen molar-refractivity contribution < 1.29 is 4.79 Å². The van der Waals surface area contributed by atoms with E-state index in [0.717, 1.165) is 18.5 Å². The van der Waals surface area contributed by atoms with Crippen molar-refractivity contribution in [3.05, 3.63) is 30.1 Å². The van der Waals surface area contributed by atoms with Crippen LogP contribution in [0.1, 0.15) is 18.9 Å². The minimum atomic E-state index is 0.169. The van der Waals surface area contributed by atoms with E-state index in [-0.39, 0.29) is 5.91 Å². The highest BCUT2D eigenvalue weighted by molar-refractivity contribution is 5.76. The predicted molar refractivity (Wildman–Crippen MR) is 68.4 cm³/mol. The van der Waals surface area contributed by atoms with E-state index in [4.69, 9.17) is 5.73 Å². The van der Waals surface area contributed by atoms with E-state index in [1.165, 1.54) is 0 Å². The zero-order valence-corrected chi connectivity index (χ0v) is 10.6. The Balaban J connectivity index is 2.34. The van der Waals surface area contributed by atoms with E-state index < -0.39 is 0 Å². The Kier molecular flexibility index (Phi) is 5.63. The number of aryl methyl sites for hydroxylation is 1. The summed E-state index contributed by atoms with van der Waals surface area (Å²) in [5.74, 6) is 0.520. The van der Waals surface area contributed by atoms with E-state index in [0.29, 0.717) is 18.9 Å². The van der Waals surface area contributed by atoms with Crippen LogP contribution in [-0.2, 0) is 11.2 Å². The molecule has 0 fully saturated rings. The number of hydrogen-bond donors (Lipinski definition) is 1. The van der Waals surface area contributed by atoms with Crippen LogP contribution in [0.5, 0.6) is 0 Å². The molecule has 4 heteroatoms. The maximum absolute atomic E-state index is 11.8. The van der Waals surface area contributed by atoms with Gasteiger partial charge in [-0.2, -0.15) is 0 Å². The standard InChI is InChI=1S/C13H21N3O/c1-11(9-14)10-16(2)13(17)4-3-12-5-7-15-8-6-12/h5-8,11H,3-4,9-10,14H2,1-2H3. The van der Waals surface area contributed by atoms with Gasteiger partial charge in [0.05, 0.1) is 0 Å². The molecule has 0 saturated carbocycles. The van der Waals surface area contributed by atoms with Crippen molar-refractivity contribution in [2.24, 2.45) is 11.7 Å². The number of rotatable bonds is 6. The summed E-state index contributed by atoms with van der Waals surface area (Å²) in [5.41, 5.74) is 6.69. The van der Waals surface area contributed by atoms with Gasteiger partial charge in [-0.05, 0) is 36.6 Å². The van der Waals surface area contributed by atoms with Crippen LogP contribution in [0, 0.1) is 5.92 Å². The fourth-order valence-electron chi connectivity index (χ4n) is 1.64. The molecule has 1 amide bonds. The van der Waals surface area contributed by atoms with Gasteiger partial charge in [-0.3, -0.25) is 9.78 Å². The lowest BCUT2D eigenvalue weighted by Gasteiger charge is -2.20. The second kappa shape index (κ2) is 7.01. The van der Waals surface area contributed by atoms with Gasteiger partial charge in [0.2, 0.25) is 5.91 Å². The van der Waals surface area contributed by atoms with Gasteiger partial charge < -0.3 is 10.6 Å². The molecule has 0 spiro atoms. The first-order valence-electron chi connectivity index (χ1n) is 5.96. The molecule has 0 aliphatic rings. The highest BCUT2D eigenvalue weighted by Gasteiger charge is 2.11. The maximum atomic E-state index is 11.8. The minimum absolute atomic E-state index is 0.169. The summed E-state index contributed by atoms with van der Waals surface area (Å²) in [7, 11) is 1.83. The van der Waals surface area contributed by atoms with Crippen molar-refractivity contribution in [3.8, 4) is 0 Å². The lowest BCUT2D eigenvalue weighted by atomic mass is 10.1. The smallest absolute Gasteiger partial charge is 0.222 e. The zero-order valence-electron chi connectivity index (χ0n) is 10.6. The number of nitrogens with zero attached hydrogens (tertiary/aromatic N) is 2. The Bertz CT molecular complexity index is 340. The first kappa shape index (κ1) is 13.6. The lowest BCUT2D eigenvalue weighted by molar-refractivity contribution is -0.130. The molecule has 1 atom stereocenters. The highest BCUT2D eigenvalue weighted by atomic mass is 16.2. The number of hydrogen-bond acceptors (Lipinski definition) is 3. The molecule has 2 N–H and O–H groups in total. The molecular weight excluding hydrogens is 214 g/mol. The summed E-state index contributed by atoms with van der Waals surface area (Å²) < 4.78 is 0. The Morgan fingerprint density at radius 1 is 1.47 bits per heavy atom. The van der Waals surface area contributed by atoms with Crippen LogP contribution in [0.2, 0.25) is 0 Å². The molecule has 0 saturated heterocycles. The second-order valence-corrected chi connectivity index (χ2v) is 4.47. The van der Waals surface area contributed by atoms with Crippen molar-refractivity contribution in [3.63, 3.8) is 0 Å². The van der Waals surface area contributed by atoms with Gasteiger partial charge in [-0.1, -0.05) is 6.92 Å². The summed E-state index contributed by atoms with van der Waals surface area (Å²) in [6, 6.07) is 3.88. The van der Waals surface area contributed by atoms with E-state index in [9.17, 15) is 4.79 Å². The molecule has 1 rings (SSSR count).